The summed E-state index contributed by atoms with van der Waals surface area (Å²) in [6.45, 7) is 13.5. The molecule has 0 amide bonds. The van der Waals surface area contributed by atoms with Gasteiger partial charge in [-0.25, -0.2) is 4.79 Å². The van der Waals surface area contributed by atoms with Crippen LogP contribution in [-0.2, 0) is 25.3 Å². The molecule has 1 heterocycles. The zero-order valence-corrected chi connectivity index (χ0v) is 20.2. The van der Waals surface area contributed by atoms with Gasteiger partial charge in [-0.05, 0) is 42.8 Å². The lowest BCUT2D eigenvalue weighted by atomic mass is 9.97. The molecule has 6 nitrogen and oxygen atoms in total. The van der Waals surface area contributed by atoms with Crippen LogP contribution in [0, 0.1) is 5.92 Å². The van der Waals surface area contributed by atoms with Crippen LogP contribution < -0.4 is 4.74 Å². The number of ether oxygens (including phenoxy) is 3. The number of hydrogen-bond donors (Lipinski definition) is 1. The van der Waals surface area contributed by atoms with Gasteiger partial charge in [0, 0.05) is 5.92 Å². The highest BCUT2D eigenvalue weighted by Gasteiger charge is 2.41. The van der Waals surface area contributed by atoms with Crippen molar-refractivity contribution in [1.82, 2.24) is 0 Å². The summed E-state index contributed by atoms with van der Waals surface area (Å²) in [7, 11) is -0.355. The van der Waals surface area contributed by atoms with E-state index in [0.717, 1.165) is 11.3 Å². The van der Waals surface area contributed by atoms with Gasteiger partial charge < -0.3 is 23.7 Å². The van der Waals surface area contributed by atoms with Gasteiger partial charge in [0.15, 0.2) is 14.4 Å². The number of carboxylic acid groups (broad SMARTS) is 1. The van der Waals surface area contributed by atoms with Gasteiger partial charge in [0.25, 0.3) is 0 Å². The van der Waals surface area contributed by atoms with Crippen molar-refractivity contribution in [3.8, 4) is 5.75 Å². The molecule has 0 aliphatic carbocycles. The Morgan fingerprint density at radius 2 is 1.83 bits per heavy atom. The molecule has 30 heavy (non-hydrogen) atoms. The first kappa shape index (κ1) is 24.6. The van der Waals surface area contributed by atoms with Crippen molar-refractivity contribution < 1.29 is 28.5 Å². The Morgan fingerprint density at radius 1 is 1.20 bits per heavy atom. The predicted molar refractivity (Wildman–Crippen MR) is 119 cm³/mol. The summed E-state index contributed by atoms with van der Waals surface area (Å²) >= 11 is 0. The third-order valence-electron chi connectivity index (χ3n) is 5.97. The van der Waals surface area contributed by atoms with E-state index in [4.69, 9.17) is 18.6 Å². The highest BCUT2D eigenvalue weighted by Crippen LogP contribution is 2.38. The van der Waals surface area contributed by atoms with Gasteiger partial charge in [-0.1, -0.05) is 45.1 Å². The molecule has 1 aromatic rings. The first-order valence-electron chi connectivity index (χ1n) is 10.4. The Labute approximate surface area is 181 Å². The maximum absolute atomic E-state index is 11.8. The number of aliphatic carboxylic acids is 1. The first-order chi connectivity index (χ1) is 13.9. The Hall–Kier alpha value is -1.67. The molecular formula is C23H36O6Si. The fourth-order valence-corrected chi connectivity index (χ4v) is 4.48. The van der Waals surface area contributed by atoms with E-state index in [1.165, 1.54) is 0 Å². The lowest BCUT2D eigenvalue weighted by molar-refractivity contribution is -0.162. The molecule has 0 bridgehead atoms. The molecule has 4 atom stereocenters. The SMILES string of the molecule is COc1ccc(COC[C@@H]2C=C[C@H]([C@H](C)O[Si](C)(C)C(C)(C)C)O[C@@H]2C(=O)O)cc1. The summed E-state index contributed by atoms with van der Waals surface area (Å²) in [5.41, 5.74) is 0.998. The van der Waals surface area contributed by atoms with Crippen LogP contribution in [0.3, 0.4) is 0 Å². The van der Waals surface area contributed by atoms with Gasteiger partial charge in [-0.3, -0.25) is 0 Å². The van der Waals surface area contributed by atoms with Gasteiger partial charge in [0.05, 0.1) is 26.4 Å². The van der Waals surface area contributed by atoms with Crippen LogP contribution in [0.25, 0.3) is 0 Å². The van der Waals surface area contributed by atoms with E-state index in [9.17, 15) is 9.90 Å². The van der Waals surface area contributed by atoms with Gasteiger partial charge >= 0.3 is 5.97 Å². The lowest BCUT2D eigenvalue weighted by Gasteiger charge is -2.41. The zero-order valence-electron chi connectivity index (χ0n) is 19.2. The molecule has 168 valence electrons. The molecule has 0 aromatic heterocycles. The van der Waals surface area contributed by atoms with E-state index >= 15 is 0 Å². The average Bonchev–Trinajstić information content (AvgIpc) is 2.67. The molecule has 0 radical (unpaired) electrons. The smallest absolute Gasteiger partial charge is 0.333 e. The molecule has 1 aliphatic rings. The molecule has 1 N–H and O–H groups in total. The molecule has 0 fully saturated rings. The Balaban J connectivity index is 1.96. The standard InChI is InChI=1S/C23H36O6Si/c1-16(29-30(6,7)23(2,3)4)20-13-10-18(21(28-20)22(24)25)15-27-14-17-8-11-19(26-5)12-9-17/h8-13,16,18,20-21H,14-15H2,1-7H3,(H,24,25)/t16-,18-,20+,21-/m0/s1. The maximum Gasteiger partial charge on any atom is 0.333 e. The first-order valence-corrected chi connectivity index (χ1v) is 13.3. The minimum absolute atomic E-state index is 0.0731. The molecule has 1 aliphatic heterocycles. The summed E-state index contributed by atoms with van der Waals surface area (Å²) in [5, 5.41) is 9.76. The minimum Gasteiger partial charge on any atom is -0.497 e. The predicted octanol–water partition coefficient (Wildman–Crippen LogP) is 4.65. The molecule has 0 saturated carbocycles. The van der Waals surface area contributed by atoms with Crippen molar-refractivity contribution in [3.63, 3.8) is 0 Å². The van der Waals surface area contributed by atoms with E-state index in [-0.39, 0.29) is 23.7 Å². The number of hydrogen-bond acceptors (Lipinski definition) is 5. The summed E-state index contributed by atoms with van der Waals surface area (Å²) in [5.74, 6) is -0.549. The van der Waals surface area contributed by atoms with Crippen molar-refractivity contribution in [2.75, 3.05) is 13.7 Å². The van der Waals surface area contributed by atoms with E-state index in [1.807, 2.05) is 43.3 Å². The van der Waals surface area contributed by atoms with Crippen LogP contribution in [-0.4, -0.2) is 51.4 Å². The topological polar surface area (TPSA) is 74.2 Å². The summed E-state index contributed by atoms with van der Waals surface area (Å²) < 4.78 is 23.2. The van der Waals surface area contributed by atoms with Crippen LogP contribution in [0.4, 0.5) is 0 Å². The average molecular weight is 437 g/mol. The Kier molecular flexibility index (Phi) is 8.27. The van der Waals surface area contributed by atoms with E-state index < -0.39 is 26.5 Å². The minimum atomic E-state index is -1.98. The van der Waals surface area contributed by atoms with E-state index in [1.54, 1.807) is 7.11 Å². The second kappa shape index (κ2) is 10.1. The van der Waals surface area contributed by atoms with Crippen LogP contribution in [0.2, 0.25) is 18.1 Å². The lowest BCUT2D eigenvalue weighted by Crippen LogP contribution is -2.49. The summed E-state index contributed by atoms with van der Waals surface area (Å²) in [6.07, 6.45) is 2.25. The molecule has 2 rings (SSSR count). The largest absolute Gasteiger partial charge is 0.497 e. The maximum atomic E-state index is 11.8. The third-order valence-corrected chi connectivity index (χ3v) is 10.5. The van der Waals surface area contributed by atoms with E-state index in [0.29, 0.717) is 6.61 Å². The van der Waals surface area contributed by atoms with Crippen LogP contribution in [0.1, 0.15) is 33.3 Å². The Morgan fingerprint density at radius 3 is 2.37 bits per heavy atom. The van der Waals surface area contributed by atoms with Gasteiger partial charge in [-0.15, -0.1) is 0 Å². The third kappa shape index (κ3) is 6.41. The van der Waals surface area contributed by atoms with Crippen molar-refractivity contribution in [2.24, 2.45) is 5.92 Å². The molecule has 0 saturated heterocycles. The number of carboxylic acids is 1. The fourth-order valence-electron chi connectivity index (χ4n) is 3.06. The monoisotopic (exact) mass is 436 g/mol. The van der Waals surface area contributed by atoms with Crippen molar-refractivity contribution in [2.45, 2.75) is 70.7 Å². The summed E-state index contributed by atoms with van der Waals surface area (Å²) in [4.78, 5) is 11.8. The fraction of sp³-hybridized carbons (Fsp3) is 0.609. The summed E-state index contributed by atoms with van der Waals surface area (Å²) in [6, 6.07) is 7.60. The van der Waals surface area contributed by atoms with Crippen LogP contribution >= 0.6 is 0 Å². The number of rotatable bonds is 9. The molecule has 7 heteroatoms. The number of carbonyl (C=O) groups is 1. The van der Waals surface area contributed by atoms with Crippen molar-refractivity contribution in [3.05, 3.63) is 42.0 Å². The van der Waals surface area contributed by atoms with Crippen LogP contribution in [0.15, 0.2) is 36.4 Å². The van der Waals surface area contributed by atoms with Crippen LogP contribution in [0.5, 0.6) is 5.75 Å². The normalized spacial score (nSPS) is 23.2. The van der Waals surface area contributed by atoms with E-state index in [2.05, 4.69) is 33.9 Å². The second-order valence-electron chi connectivity index (χ2n) is 9.35. The molecule has 0 spiro atoms. The highest BCUT2D eigenvalue weighted by atomic mass is 28.4. The number of benzene rings is 1. The molecule has 0 unspecified atom stereocenters. The van der Waals surface area contributed by atoms with Gasteiger partial charge in [0.2, 0.25) is 0 Å². The van der Waals surface area contributed by atoms with Gasteiger partial charge in [-0.2, -0.15) is 0 Å². The second-order valence-corrected chi connectivity index (χ2v) is 14.1. The van der Waals surface area contributed by atoms with Crippen molar-refractivity contribution >= 4 is 14.3 Å². The molecule has 1 aromatic carbocycles. The number of methoxy groups -OCH3 is 1. The zero-order chi connectivity index (χ0) is 22.5. The van der Waals surface area contributed by atoms with Gasteiger partial charge in [0.1, 0.15) is 11.9 Å². The highest BCUT2D eigenvalue weighted by molar-refractivity contribution is 6.74. The van der Waals surface area contributed by atoms with Crippen molar-refractivity contribution in [1.29, 1.82) is 0 Å². The quantitative estimate of drug-likeness (QED) is 0.449. The molecular weight excluding hydrogens is 400 g/mol. The Bertz CT molecular complexity index is 722.